The molecule has 0 amide bonds. The largest absolute Gasteiger partial charge is 0.416 e. The van der Waals surface area contributed by atoms with Crippen LogP contribution in [0.5, 0.6) is 0 Å². The fourth-order valence-corrected chi connectivity index (χ4v) is 4.38. The van der Waals surface area contributed by atoms with Gasteiger partial charge in [0.25, 0.3) is 5.92 Å². The number of alkyl halides is 5. The number of nitrogens with one attached hydrogen (secondary N) is 2. The molecule has 1 aromatic carbocycles. The molecule has 0 saturated heterocycles. The van der Waals surface area contributed by atoms with E-state index in [0.717, 1.165) is 36.5 Å². The molecule has 0 unspecified atom stereocenters. The van der Waals surface area contributed by atoms with Crippen molar-refractivity contribution in [1.29, 1.82) is 0 Å². The number of aliphatic hydroxyl groups is 1. The number of aromatic nitrogens is 3. The predicted molar refractivity (Wildman–Crippen MR) is 111 cm³/mol. The number of halogens is 5. The van der Waals surface area contributed by atoms with Gasteiger partial charge in [-0.05, 0) is 43.9 Å². The van der Waals surface area contributed by atoms with E-state index >= 15 is 0 Å². The molecule has 1 aliphatic carbocycles. The van der Waals surface area contributed by atoms with E-state index in [9.17, 15) is 27.1 Å². The molecule has 1 fully saturated rings. The van der Waals surface area contributed by atoms with E-state index in [0.29, 0.717) is 35.9 Å². The topological polar surface area (TPSA) is 83.0 Å². The lowest BCUT2D eigenvalue weighted by Gasteiger charge is -2.26. The van der Waals surface area contributed by atoms with Crippen molar-refractivity contribution >= 4 is 38.5 Å². The molecule has 0 radical (unpaired) electrons. The monoisotopic (exact) mass is 473 g/mol. The van der Waals surface area contributed by atoms with Crippen LogP contribution in [-0.2, 0) is 12.1 Å². The number of fused-ring (bicyclic) bond motifs is 1. The fourth-order valence-electron chi connectivity index (χ4n) is 3.47. The molecule has 1 saturated carbocycles. The van der Waals surface area contributed by atoms with Gasteiger partial charge < -0.3 is 15.7 Å². The molecular weight excluding hydrogens is 453 g/mol. The zero-order valence-electron chi connectivity index (χ0n) is 16.9. The van der Waals surface area contributed by atoms with Crippen molar-refractivity contribution < 1.29 is 27.1 Å². The maximum absolute atomic E-state index is 14.0. The average molecular weight is 473 g/mol. The normalized spacial score (nSPS) is 19.8. The smallest absolute Gasteiger partial charge is 0.393 e. The number of hydrogen-bond donors (Lipinski definition) is 3. The molecule has 3 N–H and O–H groups in total. The fraction of sp³-hybridized carbons (Fsp3) is 0.450. The Hall–Kier alpha value is -2.60. The standard InChI is InChI=1S/C20H20F5N5OS/c1-19(21,22)15-9-16(29-17(28-15)26-11-3-5-12(31)6-4-11)30-18-27-13-7-2-10(20(23,24)25)8-14(13)32-18/h2,7-9,11-12,31H,3-6H2,1H3,(H2,26,27,28,29,30)/t11-,12-. The van der Waals surface area contributed by atoms with Gasteiger partial charge in [0.2, 0.25) is 5.95 Å². The van der Waals surface area contributed by atoms with Gasteiger partial charge in [-0.15, -0.1) is 0 Å². The Morgan fingerprint density at radius 1 is 1.00 bits per heavy atom. The summed E-state index contributed by atoms with van der Waals surface area (Å²) >= 11 is 0.959. The van der Waals surface area contributed by atoms with Crippen molar-refractivity contribution in [3.8, 4) is 0 Å². The van der Waals surface area contributed by atoms with Crippen molar-refractivity contribution in [2.45, 2.75) is 56.9 Å². The van der Waals surface area contributed by atoms with Gasteiger partial charge in [-0.25, -0.2) is 9.97 Å². The van der Waals surface area contributed by atoms with Crippen LogP contribution in [0.25, 0.3) is 10.2 Å². The Morgan fingerprint density at radius 2 is 1.72 bits per heavy atom. The SMILES string of the molecule is CC(F)(F)c1cc(Nc2nc3ccc(C(F)(F)F)cc3s2)nc(N[C@H]2CC[C@H](O)CC2)n1. The Bertz CT molecular complexity index is 1110. The molecule has 2 heterocycles. The second-order valence-corrected chi connectivity index (χ2v) is 8.86. The van der Waals surface area contributed by atoms with Crippen LogP contribution in [0.1, 0.15) is 43.9 Å². The highest BCUT2D eigenvalue weighted by Crippen LogP contribution is 2.36. The molecule has 1 aliphatic rings. The van der Waals surface area contributed by atoms with Gasteiger partial charge in [-0.2, -0.15) is 26.9 Å². The van der Waals surface area contributed by atoms with Crippen LogP contribution in [-0.4, -0.2) is 32.2 Å². The summed E-state index contributed by atoms with van der Waals surface area (Å²) in [4.78, 5) is 12.4. The highest BCUT2D eigenvalue weighted by atomic mass is 32.1. The second kappa shape index (κ2) is 8.39. The molecule has 3 aromatic rings. The van der Waals surface area contributed by atoms with Gasteiger partial charge in [0.15, 0.2) is 5.13 Å². The summed E-state index contributed by atoms with van der Waals surface area (Å²) < 4.78 is 67.1. The third-order valence-corrected chi connectivity index (χ3v) is 6.09. The minimum absolute atomic E-state index is 0.00776. The molecule has 0 atom stereocenters. The van der Waals surface area contributed by atoms with Crippen LogP contribution in [0, 0.1) is 0 Å². The van der Waals surface area contributed by atoms with Gasteiger partial charge in [-0.3, -0.25) is 0 Å². The van der Waals surface area contributed by atoms with Crippen LogP contribution < -0.4 is 10.6 Å². The molecule has 172 valence electrons. The zero-order chi connectivity index (χ0) is 23.1. The van der Waals surface area contributed by atoms with Crippen molar-refractivity contribution in [2.75, 3.05) is 10.6 Å². The highest BCUT2D eigenvalue weighted by molar-refractivity contribution is 7.22. The van der Waals surface area contributed by atoms with Crippen LogP contribution in [0.4, 0.5) is 38.8 Å². The van der Waals surface area contributed by atoms with Crippen LogP contribution in [0.2, 0.25) is 0 Å². The highest BCUT2D eigenvalue weighted by Gasteiger charge is 2.31. The van der Waals surface area contributed by atoms with E-state index in [-0.39, 0.29) is 29.0 Å². The molecular formula is C20H20F5N5OS. The van der Waals surface area contributed by atoms with E-state index in [1.54, 1.807) is 0 Å². The van der Waals surface area contributed by atoms with E-state index < -0.39 is 23.4 Å². The van der Waals surface area contributed by atoms with Crippen LogP contribution in [0.15, 0.2) is 24.3 Å². The van der Waals surface area contributed by atoms with E-state index in [2.05, 4.69) is 25.6 Å². The third-order valence-electron chi connectivity index (χ3n) is 5.16. The summed E-state index contributed by atoms with van der Waals surface area (Å²) in [5, 5.41) is 15.7. The molecule has 0 bridgehead atoms. The summed E-state index contributed by atoms with van der Waals surface area (Å²) in [6, 6.07) is 4.22. The van der Waals surface area contributed by atoms with Gasteiger partial charge in [-0.1, -0.05) is 11.3 Å². The van der Waals surface area contributed by atoms with Crippen LogP contribution >= 0.6 is 11.3 Å². The molecule has 12 heteroatoms. The number of rotatable bonds is 5. The molecule has 6 nitrogen and oxygen atoms in total. The quantitative estimate of drug-likeness (QED) is 0.414. The first-order valence-electron chi connectivity index (χ1n) is 9.94. The number of aliphatic hydroxyl groups excluding tert-OH is 1. The van der Waals surface area contributed by atoms with Gasteiger partial charge in [0.1, 0.15) is 11.5 Å². The average Bonchev–Trinajstić information content (AvgIpc) is 3.09. The van der Waals surface area contributed by atoms with Crippen molar-refractivity contribution in [1.82, 2.24) is 15.0 Å². The van der Waals surface area contributed by atoms with Crippen molar-refractivity contribution in [3.63, 3.8) is 0 Å². The zero-order valence-corrected chi connectivity index (χ0v) is 17.7. The number of anilines is 3. The minimum Gasteiger partial charge on any atom is -0.393 e. The van der Waals surface area contributed by atoms with E-state index in [4.69, 9.17) is 0 Å². The predicted octanol–water partition coefficient (Wildman–Crippen LogP) is 5.68. The summed E-state index contributed by atoms with van der Waals surface area (Å²) in [6.07, 6.45) is -2.35. The number of thiazole rings is 1. The Balaban J connectivity index is 1.60. The Morgan fingerprint density at radius 3 is 2.38 bits per heavy atom. The lowest BCUT2D eigenvalue weighted by molar-refractivity contribution is -0.137. The summed E-state index contributed by atoms with van der Waals surface area (Å²) in [6.45, 7) is 0.718. The van der Waals surface area contributed by atoms with E-state index in [1.165, 1.54) is 6.07 Å². The number of benzene rings is 1. The Kier molecular flexibility index (Phi) is 5.93. The minimum atomic E-state index is -4.48. The second-order valence-electron chi connectivity index (χ2n) is 7.82. The molecule has 32 heavy (non-hydrogen) atoms. The number of nitrogens with zero attached hydrogens (tertiary/aromatic N) is 3. The molecule has 2 aromatic heterocycles. The number of hydrogen-bond acceptors (Lipinski definition) is 7. The van der Waals surface area contributed by atoms with Crippen molar-refractivity contribution in [2.24, 2.45) is 0 Å². The summed E-state index contributed by atoms with van der Waals surface area (Å²) in [7, 11) is 0. The lowest BCUT2D eigenvalue weighted by atomic mass is 9.93. The lowest BCUT2D eigenvalue weighted by Crippen LogP contribution is -2.29. The maximum atomic E-state index is 14.0. The first-order valence-corrected chi connectivity index (χ1v) is 10.8. The third kappa shape index (κ3) is 5.23. The van der Waals surface area contributed by atoms with Gasteiger partial charge in [0, 0.05) is 19.0 Å². The molecule has 4 rings (SSSR count). The molecule has 0 aliphatic heterocycles. The summed E-state index contributed by atoms with van der Waals surface area (Å²) in [5.41, 5.74) is -0.951. The molecule has 0 spiro atoms. The van der Waals surface area contributed by atoms with Crippen molar-refractivity contribution in [3.05, 3.63) is 35.5 Å². The van der Waals surface area contributed by atoms with Gasteiger partial charge >= 0.3 is 6.18 Å². The summed E-state index contributed by atoms with van der Waals surface area (Å²) in [5.74, 6) is -3.17. The first kappa shape index (κ1) is 22.6. The van der Waals surface area contributed by atoms with E-state index in [1.807, 2.05) is 0 Å². The maximum Gasteiger partial charge on any atom is 0.416 e. The van der Waals surface area contributed by atoms with Crippen LogP contribution in [0.3, 0.4) is 0 Å². The Labute approximate surface area is 183 Å². The first-order chi connectivity index (χ1) is 15.0. The van der Waals surface area contributed by atoms with Gasteiger partial charge in [0.05, 0.1) is 21.9 Å².